The number of carbonyl (C=O) groups is 1. The summed E-state index contributed by atoms with van der Waals surface area (Å²) in [5.41, 5.74) is -0.716. The van der Waals surface area contributed by atoms with Crippen molar-refractivity contribution in [1.29, 1.82) is 0 Å². The monoisotopic (exact) mass is 644 g/mol. The van der Waals surface area contributed by atoms with Crippen molar-refractivity contribution in [2.24, 2.45) is 11.8 Å². The molecule has 0 bridgehead atoms. The summed E-state index contributed by atoms with van der Waals surface area (Å²) in [4.78, 5) is 16.9. The zero-order chi connectivity index (χ0) is 34.1. The van der Waals surface area contributed by atoms with Crippen LogP contribution < -0.4 is 5.32 Å². The largest absolute Gasteiger partial charge is 0.457 e. The van der Waals surface area contributed by atoms with Gasteiger partial charge in [-0.25, -0.2) is 0 Å². The number of rotatable bonds is 13. The number of ether oxygens (including phenoxy) is 4. The summed E-state index contributed by atoms with van der Waals surface area (Å²) >= 11 is 0. The summed E-state index contributed by atoms with van der Waals surface area (Å²) < 4.78 is 23.3. The molecular weight excluding hydrogens is 588 g/mol. The molecule has 1 fully saturated rings. The smallest absolute Gasteiger partial charge is 0.309 e. The number of carbonyl (C=O) groups excluding carboxylic acids is 1. The van der Waals surface area contributed by atoms with Gasteiger partial charge < -0.3 is 39.6 Å². The molecule has 10 nitrogen and oxygen atoms in total. The van der Waals surface area contributed by atoms with Crippen LogP contribution in [0.3, 0.4) is 0 Å². The normalized spacial score (nSPS) is 32.9. The van der Waals surface area contributed by atoms with Crippen LogP contribution in [-0.2, 0) is 30.3 Å². The first-order valence-corrected chi connectivity index (χ1v) is 16.4. The lowest BCUT2D eigenvalue weighted by Gasteiger charge is -2.32. The lowest BCUT2D eigenvalue weighted by atomic mass is 9.87. The molecule has 0 aliphatic carbocycles. The van der Waals surface area contributed by atoms with Crippen molar-refractivity contribution < 1.29 is 39.1 Å². The van der Waals surface area contributed by atoms with Gasteiger partial charge in [0.25, 0.3) is 0 Å². The van der Waals surface area contributed by atoms with Gasteiger partial charge in [0, 0.05) is 45.0 Å². The van der Waals surface area contributed by atoms with Crippen LogP contribution in [-0.4, -0.2) is 94.4 Å². The second kappa shape index (κ2) is 17.1. The highest BCUT2D eigenvalue weighted by Crippen LogP contribution is 2.39. The molecule has 1 aromatic heterocycles. The minimum Gasteiger partial charge on any atom is -0.457 e. The van der Waals surface area contributed by atoms with E-state index < -0.39 is 41.5 Å². The first-order valence-electron chi connectivity index (χ1n) is 16.4. The van der Waals surface area contributed by atoms with Crippen LogP contribution in [0.5, 0.6) is 0 Å². The number of pyridine rings is 1. The van der Waals surface area contributed by atoms with E-state index in [0.717, 1.165) is 17.6 Å². The first-order chi connectivity index (χ1) is 21.7. The van der Waals surface area contributed by atoms with Crippen LogP contribution in [0.2, 0.25) is 0 Å². The third-order valence-corrected chi connectivity index (χ3v) is 9.42. The van der Waals surface area contributed by atoms with Crippen LogP contribution in [0.4, 0.5) is 0 Å². The highest BCUT2D eigenvalue weighted by molar-refractivity contribution is 5.70. The van der Waals surface area contributed by atoms with Crippen molar-refractivity contribution in [2.45, 2.75) is 128 Å². The summed E-state index contributed by atoms with van der Waals surface area (Å²) in [7, 11) is 3.25. The molecule has 0 amide bonds. The van der Waals surface area contributed by atoms with Gasteiger partial charge in [0.15, 0.2) is 0 Å². The second-order valence-electron chi connectivity index (χ2n) is 13.4. The van der Waals surface area contributed by atoms with E-state index in [1.807, 2.05) is 38.1 Å². The summed E-state index contributed by atoms with van der Waals surface area (Å²) in [5.74, 6) is -0.626. The van der Waals surface area contributed by atoms with Crippen LogP contribution in [0.15, 0.2) is 60.5 Å². The van der Waals surface area contributed by atoms with Crippen molar-refractivity contribution in [3.05, 3.63) is 66.0 Å². The van der Waals surface area contributed by atoms with Gasteiger partial charge in [-0.1, -0.05) is 51.2 Å². The van der Waals surface area contributed by atoms with E-state index in [2.05, 4.69) is 24.1 Å². The molecule has 1 aromatic rings. The van der Waals surface area contributed by atoms with Gasteiger partial charge in [0.1, 0.15) is 18.3 Å². The zero-order valence-corrected chi connectivity index (χ0v) is 28.8. The highest BCUT2D eigenvalue weighted by Gasteiger charge is 2.54. The second-order valence-corrected chi connectivity index (χ2v) is 13.4. The molecule has 3 rings (SSSR count). The quantitative estimate of drug-likeness (QED) is 0.108. The van der Waals surface area contributed by atoms with E-state index in [-0.39, 0.29) is 49.4 Å². The number of aliphatic hydroxyl groups is 3. The molecule has 11 unspecified atom stereocenters. The van der Waals surface area contributed by atoms with Crippen LogP contribution in [0, 0.1) is 11.8 Å². The Bertz CT molecular complexity index is 1180. The lowest BCUT2D eigenvalue weighted by Crippen LogP contribution is -2.52. The standard InChI is InChI=1S/C36H56N2O8/c1-9-28(43-7)25(4)32-33(46-32)34(38-22-26-15-19-37-20-16-26)36(6,42)17-10-11-23(2)31-24(3)12-13-29(44-8)35(5,41)18-14-27(39)21-30(40)45-31/h10-13,15-17,19-20,24-25,27-29,31-34,38-39,41-42H,9,14,18,21-22H2,1-8H3. The Kier molecular flexibility index (Phi) is 14.1. The average Bonchev–Trinajstić information content (AvgIpc) is 3.80. The van der Waals surface area contributed by atoms with Gasteiger partial charge in [-0.3, -0.25) is 9.78 Å². The average molecular weight is 645 g/mol. The number of aromatic nitrogens is 1. The summed E-state index contributed by atoms with van der Waals surface area (Å²) in [5, 5.41) is 36.8. The SMILES string of the molecule is CCC(OC)C(C)C1OC1C(NCc1ccncc1)C(C)(O)C=CC=C(C)C1OC(=O)CC(O)CCC(C)(O)C(OC)C=CC1C. The molecule has 0 aromatic carbocycles. The number of hydrogen-bond donors (Lipinski definition) is 4. The number of cyclic esters (lactones) is 1. The Labute approximate surface area is 274 Å². The fourth-order valence-corrected chi connectivity index (χ4v) is 6.39. The maximum absolute atomic E-state index is 12.8. The zero-order valence-electron chi connectivity index (χ0n) is 28.8. The summed E-state index contributed by atoms with van der Waals surface area (Å²) in [6.07, 6.45) is 11.3. The topological polar surface area (TPSA) is 143 Å². The van der Waals surface area contributed by atoms with Gasteiger partial charge >= 0.3 is 5.97 Å². The van der Waals surface area contributed by atoms with E-state index in [9.17, 15) is 20.1 Å². The predicted octanol–water partition coefficient (Wildman–Crippen LogP) is 4.04. The van der Waals surface area contributed by atoms with Gasteiger partial charge in [-0.15, -0.1) is 0 Å². The fraction of sp³-hybridized carbons (Fsp3) is 0.667. The van der Waals surface area contributed by atoms with Crippen LogP contribution >= 0.6 is 0 Å². The van der Waals surface area contributed by atoms with Crippen molar-refractivity contribution in [1.82, 2.24) is 10.3 Å². The molecule has 3 heterocycles. The van der Waals surface area contributed by atoms with Gasteiger partial charge in [0.05, 0.1) is 42.0 Å². The number of esters is 1. The van der Waals surface area contributed by atoms with Gasteiger partial charge in [-0.05, 0) is 63.3 Å². The molecule has 0 saturated carbocycles. The van der Waals surface area contributed by atoms with Crippen LogP contribution in [0.1, 0.15) is 72.8 Å². The third kappa shape index (κ3) is 10.5. The van der Waals surface area contributed by atoms with E-state index in [0.29, 0.717) is 6.54 Å². The minimum absolute atomic E-state index is 0.0537. The Morgan fingerprint density at radius 3 is 2.59 bits per heavy atom. The van der Waals surface area contributed by atoms with Crippen molar-refractivity contribution in [2.75, 3.05) is 14.2 Å². The minimum atomic E-state index is -1.30. The molecule has 258 valence electrons. The van der Waals surface area contributed by atoms with E-state index in [4.69, 9.17) is 18.9 Å². The number of hydrogen-bond acceptors (Lipinski definition) is 10. The Morgan fingerprint density at radius 1 is 1.26 bits per heavy atom. The summed E-state index contributed by atoms with van der Waals surface area (Å²) in [6.45, 7) is 11.9. The van der Waals surface area contributed by atoms with E-state index >= 15 is 0 Å². The van der Waals surface area contributed by atoms with E-state index in [1.54, 1.807) is 51.6 Å². The molecule has 2 aliphatic rings. The van der Waals surface area contributed by atoms with E-state index in [1.165, 1.54) is 7.11 Å². The van der Waals surface area contributed by atoms with Crippen LogP contribution in [0.25, 0.3) is 0 Å². The molecule has 46 heavy (non-hydrogen) atoms. The Morgan fingerprint density at radius 2 is 1.96 bits per heavy atom. The number of allylic oxidation sites excluding steroid dienone is 2. The number of nitrogens with one attached hydrogen (secondary N) is 1. The number of methoxy groups -OCH3 is 2. The Hall–Kier alpha value is -2.44. The maximum atomic E-state index is 12.8. The van der Waals surface area contributed by atoms with Crippen molar-refractivity contribution >= 4 is 5.97 Å². The molecule has 1 saturated heterocycles. The van der Waals surface area contributed by atoms with Crippen molar-refractivity contribution in [3.8, 4) is 0 Å². The lowest BCUT2D eigenvalue weighted by molar-refractivity contribution is -0.151. The molecular formula is C36H56N2O8. The fourth-order valence-electron chi connectivity index (χ4n) is 6.39. The molecule has 0 radical (unpaired) electrons. The third-order valence-electron chi connectivity index (χ3n) is 9.42. The van der Waals surface area contributed by atoms with Gasteiger partial charge in [-0.2, -0.15) is 0 Å². The molecule has 10 heteroatoms. The molecule has 2 aliphatic heterocycles. The molecule has 4 N–H and O–H groups in total. The van der Waals surface area contributed by atoms with Gasteiger partial charge in [0.2, 0.25) is 0 Å². The predicted molar refractivity (Wildman–Crippen MR) is 177 cm³/mol. The number of aliphatic hydroxyl groups excluding tert-OH is 1. The maximum Gasteiger partial charge on any atom is 0.309 e. The highest BCUT2D eigenvalue weighted by atomic mass is 16.6. The number of nitrogens with zero attached hydrogens (tertiary/aromatic N) is 1. The molecule has 0 spiro atoms. The number of epoxide rings is 1. The summed E-state index contributed by atoms with van der Waals surface area (Å²) in [6, 6.07) is 3.44. The Balaban J connectivity index is 1.84. The first kappa shape index (κ1) is 38.0. The van der Waals surface area contributed by atoms with Crippen molar-refractivity contribution in [3.63, 3.8) is 0 Å². The molecule has 11 atom stereocenters.